The number of hydrogen-bond donors (Lipinski definition) is 1. The van der Waals surface area contributed by atoms with Gasteiger partial charge in [0.2, 0.25) is 5.88 Å². The number of carboxylic acid groups (broad SMARTS) is 1. The van der Waals surface area contributed by atoms with E-state index < -0.39 is 12.0 Å². The summed E-state index contributed by atoms with van der Waals surface area (Å²) in [5, 5.41) is 9.03. The van der Waals surface area contributed by atoms with Crippen molar-refractivity contribution < 1.29 is 14.6 Å². The third-order valence-corrected chi connectivity index (χ3v) is 3.24. The summed E-state index contributed by atoms with van der Waals surface area (Å²) < 4.78 is 5.64. The molecule has 0 saturated heterocycles. The van der Waals surface area contributed by atoms with E-state index in [1.54, 1.807) is 37.1 Å². The number of anilines is 1. The Hall–Kier alpha value is -2.56. The molecule has 1 aromatic carbocycles. The molecule has 0 unspecified atom stereocenters. The standard InChI is InChI=1S/C16H18N2O3/c1-12(16(19)20)18(2)14-9-6-10-15(17-14)21-11-13-7-4-3-5-8-13/h3-10,12H,11H2,1-2H3,(H,19,20)/t12-/m0/s1. The van der Waals surface area contributed by atoms with Crippen LogP contribution in [0.2, 0.25) is 0 Å². The minimum absolute atomic E-state index is 0.426. The summed E-state index contributed by atoms with van der Waals surface area (Å²) in [6.07, 6.45) is 0. The number of pyridine rings is 1. The van der Waals surface area contributed by atoms with E-state index in [2.05, 4.69) is 4.98 Å². The number of ether oxygens (including phenoxy) is 1. The number of nitrogens with zero attached hydrogens (tertiary/aromatic N) is 2. The average molecular weight is 286 g/mol. The lowest BCUT2D eigenvalue weighted by Crippen LogP contribution is -2.36. The van der Waals surface area contributed by atoms with E-state index in [4.69, 9.17) is 9.84 Å². The second-order valence-corrected chi connectivity index (χ2v) is 4.73. The van der Waals surface area contributed by atoms with E-state index in [0.717, 1.165) is 5.56 Å². The van der Waals surface area contributed by atoms with Crippen LogP contribution in [-0.4, -0.2) is 29.1 Å². The lowest BCUT2D eigenvalue weighted by atomic mass is 10.2. The maximum atomic E-state index is 11.0. The highest BCUT2D eigenvalue weighted by atomic mass is 16.5. The van der Waals surface area contributed by atoms with Gasteiger partial charge in [0.05, 0.1) is 0 Å². The molecule has 1 aromatic heterocycles. The number of benzene rings is 1. The third-order valence-electron chi connectivity index (χ3n) is 3.24. The molecule has 0 fully saturated rings. The molecule has 2 rings (SSSR count). The molecule has 5 nitrogen and oxygen atoms in total. The van der Waals surface area contributed by atoms with Crippen molar-refractivity contribution >= 4 is 11.8 Å². The van der Waals surface area contributed by atoms with E-state index in [1.807, 2.05) is 30.3 Å². The zero-order chi connectivity index (χ0) is 15.2. The molecule has 0 aliphatic carbocycles. The number of carboxylic acids is 1. The monoisotopic (exact) mass is 286 g/mol. The molecule has 21 heavy (non-hydrogen) atoms. The van der Waals surface area contributed by atoms with Crippen molar-refractivity contribution in [1.29, 1.82) is 0 Å². The van der Waals surface area contributed by atoms with Crippen molar-refractivity contribution in [3.8, 4) is 5.88 Å². The van der Waals surface area contributed by atoms with Crippen molar-refractivity contribution in [1.82, 2.24) is 4.98 Å². The molecule has 0 aliphatic rings. The highest BCUT2D eigenvalue weighted by Crippen LogP contribution is 2.17. The second-order valence-electron chi connectivity index (χ2n) is 4.73. The third kappa shape index (κ3) is 3.95. The van der Waals surface area contributed by atoms with Gasteiger partial charge in [-0.05, 0) is 18.6 Å². The van der Waals surface area contributed by atoms with Gasteiger partial charge in [0.15, 0.2) is 0 Å². The van der Waals surface area contributed by atoms with Gasteiger partial charge in [0.25, 0.3) is 0 Å². The Labute approximate surface area is 123 Å². The van der Waals surface area contributed by atoms with Gasteiger partial charge >= 0.3 is 5.97 Å². The largest absolute Gasteiger partial charge is 0.480 e. The van der Waals surface area contributed by atoms with Crippen molar-refractivity contribution in [2.45, 2.75) is 19.6 Å². The fourth-order valence-corrected chi connectivity index (χ4v) is 1.78. The summed E-state index contributed by atoms with van der Waals surface area (Å²) in [5.41, 5.74) is 1.05. The van der Waals surface area contributed by atoms with E-state index in [1.165, 1.54) is 0 Å². The van der Waals surface area contributed by atoms with Gasteiger partial charge in [-0.2, -0.15) is 4.98 Å². The molecule has 0 amide bonds. The first-order chi connectivity index (χ1) is 10.1. The highest BCUT2D eigenvalue weighted by Gasteiger charge is 2.18. The van der Waals surface area contributed by atoms with Crippen molar-refractivity contribution in [2.75, 3.05) is 11.9 Å². The van der Waals surface area contributed by atoms with E-state index in [-0.39, 0.29) is 0 Å². The average Bonchev–Trinajstić information content (AvgIpc) is 2.52. The van der Waals surface area contributed by atoms with Gasteiger partial charge in [-0.25, -0.2) is 4.79 Å². The molecule has 2 aromatic rings. The van der Waals surface area contributed by atoms with Crippen LogP contribution in [-0.2, 0) is 11.4 Å². The van der Waals surface area contributed by atoms with Crippen molar-refractivity contribution in [3.63, 3.8) is 0 Å². The molecule has 0 radical (unpaired) electrons. The number of aliphatic carboxylic acids is 1. The zero-order valence-electron chi connectivity index (χ0n) is 12.1. The fraction of sp³-hybridized carbons (Fsp3) is 0.250. The first-order valence-electron chi connectivity index (χ1n) is 6.67. The SMILES string of the molecule is C[C@@H](C(=O)O)N(C)c1cccc(OCc2ccccc2)n1. The van der Waals surface area contributed by atoms with Crippen molar-refractivity contribution in [2.24, 2.45) is 0 Å². The highest BCUT2D eigenvalue weighted by molar-refractivity contribution is 5.76. The van der Waals surface area contributed by atoms with Crippen LogP contribution in [0.15, 0.2) is 48.5 Å². The summed E-state index contributed by atoms with van der Waals surface area (Å²) >= 11 is 0. The molecule has 5 heteroatoms. The van der Waals surface area contributed by atoms with Gasteiger partial charge in [-0.1, -0.05) is 36.4 Å². The van der Waals surface area contributed by atoms with Crippen LogP contribution in [0.3, 0.4) is 0 Å². The van der Waals surface area contributed by atoms with Crippen LogP contribution >= 0.6 is 0 Å². The zero-order valence-corrected chi connectivity index (χ0v) is 12.1. The Morgan fingerprint density at radius 2 is 1.95 bits per heavy atom. The molecule has 1 atom stereocenters. The smallest absolute Gasteiger partial charge is 0.326 e. The number of hydrogen-bond acceptors (Lipinski definition) is 4. The molecular weight excluding hydrogens is 268 g/mol. The molecule has 0 spiro atoms. The van der Waals surface area contributed by atoms with Gasteiger partial charge < -0.3 is 14.7 Å². The summed E-state index contributed by atoms with van der Waals surface area (Å²) in [6.45, 7) is 2.04. The summed E-state index contributed by atoms with van der Waals surface area (Å²) in [6, 6.07) is 14.5. The predicted molar refractivity (Wildman–Crippen MR) is 80.5 cm³/mol. The lowest BCUT2D eigenvalue weighted by molar-refractivity contribution is -0.138. The van der Waals surface area contributed by atoms with Crippen LogP contribution in [0.25, 0.3) is 0 Å². The van der Waals surface area contributed by atoms with E-state index in [0.29, 0.717) is 18.3 Å². The molecule has 1 heterocycles. The van der Waals surface area contributed by atoms with Gasteiger partial charge in [-0.3, -0.25) is 0 Å². The van der Waals surface area contributed by atoms with Gasteiger partial charge in [0.1, 0.15) is 18.5 Å². The second kappa shape index (κ2) is 6.74. The van der Waals surface area contributed by atoms with E-state index >= 15 is 0 Å². The summed E-state index contributed by atoms with van der Waals surface area (Å²) in [5.74, 6) is 0.145. The molecule has 0 aliphatic heterocycles. The van der Waals surface area contributed by atoms with Crippen LogP contribution in [0, 0.1) is 0 Å². The number of carbonyl (C=O) groups is 1. The number of rotatable bonds is 6. The van der Waals surface area contributed by atoms with Crippen LogP contribution < -0.4 is 9.64 Å². The van der Waals surface area contributed by atoms with Gasteiger partial charge in [-0.15, -0.1) is 0 Å². The summed E-state index contributed by atoms with van der Waals surface area (Å²) in [4.78, 5) is 16.9. The normalized spacial score (nSPS) is 11.7. The molecule has 0 bridgehead atoms. The Morgan fingerprint density at radius 3 is 2.62 bits per heavy atom. The maximum Gasteiger partial charge on any atom is 0.326 e. The maximum absolute atomic E-state index is 11.0. The first kappa shape index (κ1) is 14.8. The first-order valence-corrected chi connectivity index (χ1v) is 6.67. The molecular formula is C16H18N2O3. The summed E-state index contributed by atoms with van der Waals surface area (Å²) in [7, 11) is 1.70. The topological polar surface area (TPSA) is 62.7 Å². The number of likely N-dealkylation sites (N-methyl/N-ethyl adjacent to an activating group) is 1. The minimum Gasteiger partial charge on any atom is -0.480 e. The molecule has 0 saturated carbocycles. The fourth-order valence-electron chi connectivity index (χ4n) is 1.78. The number of aromatic nitrogens is 1. The quantitative estimate of drug-likeness (QED) is 0.884. The predicted octanol–water partition coefficient (Wildman–Crippen LogP) is 2.57. The van der Waals surface area contributed by atoms with Gasteiger partial charge in [0, 0.05) is 13.1 Å². The van der Waals surface area contributed by atoms with Crippen molar-refractivity contribution in [3.05, 3.63) is 54.1 Å². The van der Waals surface area contributed by atoms with E-state index in [9.17, 15) is 4.79 Å². The molecule has 1 N–H and O–H groups in total. The Bertz CT molecular complexity index is 601. The molecule has 110 valence electrons. The Morgan fingerprint density at radius 1 is 1.24 bits per heavy atom. The lowest BCUT2D eigenvalue weighted by Gasteiger charge is -2.22. The Balaban J connectivity index is 2.05. The Kier molecular flexibility index (Phi) is 4.77. The van der Waals surface area contributed by atoms with Crippen LogP contribution in [0.1, 0.15) is 12.5 Å². The van der Waals surface area contributed by atoms with Crippen LogP contribution in [0.5, 0.6) is 5.88 Å². The minimum atomic E-state index is -0.894. The van der Waals surface area contributed by atoms with Crippen LogP contribution in [0.4, 0.5) is 5.82 Å².